The Hall–Kier alpha value is -2.47. The fourth-order valence-electron chi connectivity index (χ4n) is 1.66. The number of aryl methyl sites for hydroxylation is 1. The predicted molar refractivity (Wildman–Crippen MR) is 68.3 cm³/mol. The molecular weight excluding hydrogens is 226 g/mol. The quantitative estimate of drug-likeness (QED) is 0.895. The van der Waals surface area contributed by atoms with Crippen LogP contribution >= 0.6 is 0 Å². The van der Waals surface area contributed by atoms with E-state index in [9.17, 15) is 5.11 Å². The lowest BCUT2D eigenvalue weighted by molar-refractivity contribution is 0.288. The third-order valence-corrected chi connectivity index (χ3v) is 2.72. The standard InChI is InChI=1S/C15H13NO2/c1-11-8-12(9-16)6-7-13(11)10-18-15-5-3-2-4-14(15)17/h2-8,17H,10H2,1H3. The highest BCUT2D eigenvalue weighted by atomic mass is 16.5. The van der Waals surface area contributed by atoms with Crippen LogP contribution in [0.5, 0.6) is 11.5 Å². The summed E-state index contributed by atoms with van der Waals surface area (Å²) in [6.45, 7) is 2.31. The van der Waals surface area contributed by atoms with E-state index in [1.165, 1.54) is 0 Å². The average molecular weight is 239 g/mol. The molecule has 3 heteroatoms. The topological polar surface area (TPSA) is 53.2 Å². The molecule has 0 aliphatic carbocycles. The van der Waals surface area contributed by atoms with Crippen molar-refractivity contribution in [3.8, 4) is 17.6 Å². The Morgan fingerprint density at radius 3 is 2.67 bits per heavy atom. The Morgan fingerprint density at radius 1 is 1.22 bits per heavy atom. The second kappa shape index (κ2) is 5.24. The van der Waals surface area contributed by atoms with E-state index in [0.717, 1.165) is 11.1 Å². The van der Waals surface area contributed by atoms with E-state index in [-0.39, 0.29) is 5.75 Å². The molecule has 1 N–H and O–H groups in total. The number of aromatic hydroxyl groups is 1. The van der Waals surface area contributed by atoms with Gasteiger partial charge in [-0.2, -0.15) is 5.26 Å². The van der Waals surface area contributed by atoms with E-state index in [1.54, 1.807) is 30.3 Å². The van der Waals surface area contributed by atoms with Gasteiger partial charge in [-0.25, -0.2) is 0 Å². The Balaban J connectivity index is 2.12. The maximum Gasteiger partial charge on any atom is 0.161 e. The maximum atomic E-state index is 9.57. The second-order valence-electron chi connectivity index (χ2n) is 4.01. The van der Waals surface area contributed by atoms with Gasteiger partial charge in [0.1, 0.15) is 6.61 Å². The average Bonchev–Trinajstić information content (AvgIpc) is 2.39. The Morgan fingerprint density at radius 2 is 2.00 bits per heavy atom. The second-order valence-corrected chi connectivity index (χ2v) is 4.01. The molecule has 0 saturated carbocycles. The maximum absolute atomic E-state index is 9.57. The first-order valence-corrected chi connectivity index (χ1v) is 5.61. The molecule has 0 amide bonds. The summed E-state index contributed by atoms with van der Waals surface area (Å²) in [5.74, 6) is 0.588. The van der Waals surface area contributed by atoms with E-state index in [1.807, 2.05) is 19.1 Å². The van der Waals surface area contributed by atoms with Crippen LogP contribution in [-0.2, 0) is 6.61 Å². The summed E-state index contributed by atoms with van der Waals surface area (Å²) in [5.41, 5.74) is 2.64. The van der Waals surface area contributed by atoms with Crippen molar-refractivity contribution in [2.75, 3.05) is 0 Å². The molecule has 0 fully saturated rings. The van der Waals surface area contributed by atoms with Gasteiger partial charge < -0.3 is 9.84 Å². The summed E-state index contributed by atoms with van der Waals surface area (Å²) < 4.78 is 5.54. The first kappa shape index (κ1) is 12.0. The summed E-state index contributed by atoms with van der Waals surface area (Å²) in [6.07, 6.45) is 0. The summed E-state index contributed by atoms with van der Waals surface area (Å²) in [4.78, 5) is 0. The molecule has 90 valence electrons. The normalized spacial score (nSPS) is 9.78. The molecule has 0 aromatic heterocycles. The fourth-order valence-corrected chi connectivity index (χ4v) is 1.66. The lowest BCUT2D eigenvalue weighted by Gasteiger charge is -2.10. The molecule has 3 nitrogen and oxygen atoms in total. The first-order chi connectivity index (χ1) is 8.70. The van der Waals surface area contributed by atoms with Crippen LogP contribution in [0.4, 0.5) is 0 Å². The summed E-state index contributed by atoms with van der Waals surface area (Å²) in [5, 5.41) is 18.4. The SMILES string of the molecule is Cc1cc(C#N)ccc1COc1ccccc1O. The lowest BCUT2D eigenvalue weighted by atomic mass is 10.1. The number of phenols is 1. The van der Waals surface area contributed by atoms with Gasteiger partial charge in [0.05, 0.1) is 11.6 Å². The molecule has 2 aromatic rings. The zero-order chi connectivity index (χ0) is 13.0. The highest BCUT2D eigenvalue weighted by Gasteiger charge is 2.04. The molecule has 0 spiro atoms. The molecular formula is C15H13NO2. The zero-order valence-corrected chi connectivity index (χ0v) is 10.1. The third-order valence-electron chi connectivity index (χ3n) is 2.72. The van der Waals surface area contributed by atoms with Gasteiger partial charge in [0.25, 0.3) is 0 Å². The number of nitrogens with zero attached hydrogens (tertiary/aromatic N) is 1. The van der Waals surface area contributed by atoms with Crippen LogP contribution in [0, 0.1) is 18.3 Å². The lowest BCUT2D eigenvalue weighted by Crippen LogP contribution is -1.98. The molecule has 0 heterocycles. The molecule has 0 aliphatic heterocycles. The van der Waals surface area contributed by atoms with Gasteiger partial charge in [-0.3, -0.25) is 0 Å². The molecule has 0 atom stereocenters. The number of hydrogen-bond donors (Lipinski definition) is 1. The number of ether oxygens (including phenoxy) is 1. The van der Waals surface area contributed by atoms with E-state index in [2.05, 4.69) is 6.07 Å². The van der Waals surface area contributed by atoms with Crippen LogP contribution < -0.4 is 4.74 Å². The zero-order valence-electron chi connectivity index (χ0n) is 10.1. The largest absolute Gasteiger partial charge is 0.504 e. The smallest absolute Gasteiger partial charge is 0.161 e. The number of phenolic OH excluding ortho intramolecular Hbond substituents is 1. The van der Waals surface area contributed by atoms with Crippen molar-refractivity contribution in [2.24, 2.45) is 0 Å². The summed E-state index contributed by atoms with van der Waals surface area (Å²) in [6, 6.07) is 14.4. The monoisotopic (exact) mass is 239 g/mol. The van der Waals surface area contributed by atoms with E-state index in [0.29, 0.717) is 17.9 Å². The van der Waals surface area contributed by atoms with Crippen LogP contribution in [-0.4, -0.2) is 5.11 Å². The Kier molecular flexibility index (Phi) is 3.49. The van der Waals surface area contributed by atoms with Crippen LogP contribution in [0.15, 0.2) is 42.5 Å². The number of rotatable bonds is 3. The molecule has 2 rings (SSSR count). The van der Waals surface area contributed by atoms with Crippen molar-refractivity contribution >= 4 is 0 Å². The van der Waals surface area contributed by atoms with Gasteiger partial charge in [-0.15, -0.1) is 0 Å². The highest BCUT2D eigenvalue weighted by Crippen LogP contribution is 2.25. The predicted octanol–water partition coefficient (Wildman–Crippen LogP) is 3.15. The van der Waals surface area contributed by atoms with E-state index in [4.69, 9.17) is 10.00 Å². The fraction of sp³-hybridized carbons (Fsp3) is 0.133. The Bertz CT molecular complexity index is 600. The Labute approximate surface area is 106 Å². The third kappa shape index (κ3) is 2.61. The first-order valence-electron chi connectivity index (χ1n) is 5.61. The van der Waals surface area contributed by atoms with Crippen LogP contribution in [0.1, 0.15) is 16.7 Å². The molecule has 0 unspecified atom stereocenters. The van der Waals surface area contributed by atoms with E-state index < -0.39 is 0 Å². The number of para-hydroxylation sites is 2. The van der Waals surface area contributed by atoms with Crippen LogP contribution in [0.25, 0.3) is 0 Å². The van der Waals surface area contributed by atoms with Gasteiger partial charge in [0.15, 0.2) is 11.5 Å². The molecule has 0 bridgehead atoms. The van der Waals surface area contributed by atoms with Gasteiger partial charge >= 0.3 is 0 Å². The van der Waals surface area contributed by atoms with Crippen LogP contribution in [0.2, 0.25) is 0 Å². The minimum absolute atomic E-state index is 0.129. The molecule has 0 aliphatic rings. The molecule has 0 radical (unpaired) electrons. The van der Waals surface area contributed by atoms with Crippen molar-refractivity contribution in [2.45, 2.75) is 13.5 Å². The van der Waals surface area contributed by atoms with Crippen molar-refractivity contribution < 1.29 is 9.84 Å². The van der Waals surface area contributed by atoms with Gasteiger partial charge in [0, 0.05) is 0 Å². The minimum Gasteiger partial charge on any atom is -0.504 e. The van der Waals surface area contributed by atoms with Gasteiger partial charge in [0.2, 0.25) is 0 Å². The number of hydrogen-bond acceptors (Lipinski definition) is 3. The molecule has 2 aromatic carbocycles. The van der Waals surface area contributed by atoms with Crippen molar-refractivity contribution in [1.82, 2.24) is 0 Å². The van der Waals surface area contributed by atoms with Crippen molar-refractivity contribution in [3.05, 3.63) is 59.2 Å². The van der Waals surface area contributed by atoms with Crippen molar-refractivity contribution in [3.63, 3.8) is 0 Å². The number of nitriles is 1. The molecule has 0 saturated heterocycles. The highest BCUT2D eigenvalue weighted by molar-refractivity contribution is 5.40. The number of benzene rings is 2. The summed E-state index contributed by atoms with van der Waals surface area (Å²) in [7, 11) is 0. The van der Waals surface area contributed by atoms with Crippen LogP contribution in [0.3, 0.4) is 0 Å². The minimum atomic E-state index is 0.129. The van der Waals surface area contributed by atoms with Gasteiger partial charge in [-0.05, 0) is 42.3 Å². The molecule has 18 heavy (non-hydrogen) atoms. The summed E-state index contributed by atoms with van der Waals surface area (Å²) >= 11 is 0. The van der Waals surface area contributed by atoms with Gasteiger partial charge in [-0.1, -0.05) is 18.2 Å². The van der Waals surface area contributed by atoms with Crippen molar-refractivity contribution in [1.29, 1.82) is 5.26 Å². The van der Waals surface area contributed by atoms with E-state index >= 15 is 0 Å².